The number of nitrogens with one attached hydrogen (secondary N) is 1. The van der Waals surface area contributed by atoms with Gasteiger partial charge in [-0.1, -0.05) is 43.3 Å². The molecule has 9 heteroatoms. The van der Waals surface area contributed by atoms with Crippen molar-refractivity contribution in [2.45, 2.75) is 76.6 Å². The number of hydrogen-bond acceptors (Lipinski definition) is 5. The van der Waals surface area contributed by atoms with E-state index in [1.807, 2.05) is 0 Å². The van der Waals surface area contributed by atoms with Gasteiger partial charge in [0, 0.05) is 24.6 Å². The molecule has 1 aliphatic heterocycles. The van der Waals surface area contributed by atoms with Crippen LogP contribution in [0.4, 0.5) is 0 Å². The first-order chi connectivity index (χ1) is 12.7. The summed E-state index contributed by atoms with van der Waals surface area (Å²) in [4.78, 5) is 26.4. The van der Waals surface area contributed by atoms with Crippen LogP contribution in [0.2, 0.25) is 18.1 Å². The summed E-state index contributed by atoms with van der Waals surface area (Å²) in [5, 5.41) is 10.2. The van der Waals surface area contributed by atoms with E-state index in [1.165, 1.54) is 10.8 Å². The van der Waals surface area contributed by atoms with Crippen LogP contribution in [0.5, 0.6) is 0 Å². The van der Waals surface area contributed by atoms with Gasteiger partial charge in [-0.3, -0.25) is 14.3 Å². The molecule has 7 nitrogen and oxygen atoms in total. The molecule has 3 atom stereocenters. The minimum absolute atomic E-state index is 0.0247. The maximum Gasteiger partial charge on any atom is 0.330 e. The van der Waals surface area contributed by atoms with Crippen molar-refractivity contribution in [3.05, 3.63) is 43.7 Å². The predicted octanol–water partition coefficient (Wildman–Crippen LogP) is 3.18. The van der Waals surface area contributed by atoms with E-state index in [9.17, 15) is 14.7 Å². The van der Waals surface area contributed by atoms with Gasteiger partial charge in [-0.25, -0.2) is 4.79 Å². The number of nitrogens with zero attached hydrogens (tertiary/aromatic N) is 1. The predicted molar refractivity (Wildman–Crippen MR) is 115 cm³/mol. The molecule has 2 rings (SSSR count). The average molecular weight is 475 g/mol. The van der Waals surface area contributed by atoms with Gasteiger partial charge in [-0.2, -0.15) is 0 Å². The van der Waals surface area contributed by atoms with E-state index in [0.29, 0.717) is 22.9 Å². The lowest BCUT2D eigenvalue weighted by molar-refractivity contribution is -0.124. The lowest BCUT2D eigenvalue weighted by Gasteiger charge is -2.42. The van der Waals surface area contributed by atoms with Gasteiger partial charge in [-0.05, 0) is 29.5 Å². The molecule has 1 fully saturated rings. The van der Waals surface area contributed by atoms with E-state index < -0.39 is 37.5 Å². The monoisotopic (exact) mass is 474 g/mol. The molecule has 0 radical (unpaired) electrons. The van der Waals surface area contributed by atoms with Crippen LogP contribution in [0.3, 0.4) is 0 Å². The smallest absolute Gasteiger partial charge is 0.330 e. The number of aliphatic hydroxyl groups excluding tert-OH is 1. The molecule has 0 saturated carbocycles. The first-order valence-corrected chi connectivity index (χ1v) is 13.0. The Morgan fingerprint density at radius 1 is 1.50 bits per heavy atom. The molecular weight excluding hydrogens is 444 g/mol. The lowest BCUT2D eigenvalue weighted by Crippen LogP contribution is -2.52. The first kappa shape index (κ1) is 23.3. The summed E-state index contributed by atoms with van der Waals surface area (Å²) in [5.41, 5.74) is -1.57. The molecule has 1 aromatic rings. The Balaban J connectivity index is 2.47. The van der Waals surface area contributed by atoms with Crippen molar-refractivity contribution in [1.82, 2.24) is 9.55 Å². The summed E-state index contributed by atoms with van der Waals surface area (Å²) in [5.74, 6) is 0. The van der Waals surface area contributed by atoms with Crippen molar-refractivity contribution < 1.29 is 14.3 Å². The van der Waals surface area contributed by atoms with Crippen molar-refractivity contribution in [2.24, 2.45) is 0 Å². The van der Waals surface area contributed by atoms with E-state index in [-0.39, 0.29) is 11.6 Å². The highest BCUT2D eigenvalue weighted by atomic mass is 79.9. The summed E-state index contributed by atoms with van der Waals surface area (Å²) in [6.45, 7) is 16.0. The van der Waals surface area contributed by atoms with E-state index in [2.05, 4.69) is 61.4 Å². The molecule has 0 spiro atoms. The number of ether oxygens (including phenoxy) is 1. The Morgan fingerprint density at radius 2 is 2.11 bits per heavy atom. The van der Waals surface area contributed by atoms with Crippen LogP contribution in [0.1, 0.15) is 45.4 Å². The van der Waals surface area contributed by atoms with Crippen LogP contribution in [0.25, 0.3) is 0 Å². The topological polar surface area (TPSA) is 93.5 Å². The summed E-state index contributed by atoms with van der Waals surface area (Å²) in [6.07, 6.45) is 1.15. The second kappa shape index (κ2) is 8.02. The zero-order chi connectivity index (χ0) is 21.5. The van der Waals surface area contributed by atoms with E-state index in [4.69, 9.17) is 9.16 Å². The third-order valence-corrected chi connectivity index (χ3v) is 10.6. The molecule has 0 unspecified atom stereocenters. The van der Waals surface area contributed by atoms with Gasteiger partial charge in [0.15, 0.2) is 8.32 Å². The fourth-order valence-electron chi connectivity index (χ4n) is 3.13. The molecule has 158 valence electrons. The van der Waals surface area contributed by atoms with Gasteiger partial charge in [0.25, 0.3) is 5.56 Å². The highest BCUT2D eigenvalue weighted by Gasteiger charge is 2.53. The third kappa shape index (κ3) is 4.59. The third-order valence-electron chi connectivity index (χ3n) is 5.83. The highest BCUT2D eigenvalue weighted by Crippen LogP contribution is 2.46. The molecule has 0 amide bonds. The molecule has 2 N–H and O–H groups in total. The Morgan fingerprint density at radius 3 is 2.61 bits per heavy atom. The van der Waals surface area contributed by atoms with E-state index >= 15 is 0 Å². The zero-order valence-corrected chi connectivity index (χ0v) is 20.1. The summed E-state index contributed by atoms with van der Waals surface area (Å²) in [7, 11) is -2.17. The van der Waals surface area contributed by atoms with Crippen LogP contribution in [-0.4, -0.2) is 41.3 Å². The zero-order valence-electron chi connectivity index (χ0n) is 17.5. The van der Waals surface area contributed by atoms with Gasteiger partial charge >= 0.3 is 5.69 Å². The normalized spacial score (nSPS) is 25.9. The number of aryl methyl sites for hydroxylation is 1. The number of aromatic amines is 1. The van der Waals surface area contributed by atoms with Crippen molar-refractivity contribution in [3.63, 3.8) is 0 Å². The molecule has 0 bridgehead atoms. The van der Waals surface area contributed by atoms with Gasteiger partial charge in [-0.15, -0.1) is 0 Å². The molecular formula is C19H31BrN2O5Si. The maximum absolute atomic E-state index is 12.4. The molecule has 28 heavy (non-hydrogen) atoms. The largest absolute Gasteiger partial charge is 0.411 e. The lowest BCUT2D eigenvalue weighted by atomic mass is 9.94. The van der Waals surface area contributed by atoms with Crippen molar-refractivity contribution in [1.29, 1.82) is 0 Å². The van der Waals surface area contributed by atoms with E-state index in [0.717, 1.165) is 0 Å². The van der Waals surface area contributed by atoms with Gasteiger partial charge in [0.05, 0.1) is 12.7 Å². The fraction of sp³-hybridized carbons (Fsp3) is 0.684. The molecule has 0 aliphatic carbocycles. The second-order valence-electron chi connectivity index (χ2n) is 9.07. The fourth-order valence-corrected chi connectivity index (χ4v) is 4.98. The average Bonchev–Trinajstić information content (AvgIpc) is 2.87. The standard InChI is InChI=1S/C19H31BrN2O5Si/c1-12-10-22(17(25)21-16(12)24)15-8-14(27-28(6,7)18(3,4)5)19(11-23,26-15)9-13(2)20/h10,14-15,23H,2,8-9,11H2,1,3-7H3,(H,21,24,25)/t14-,15+,19+/m0/s1. The maximum atomic E-state index is 12.4. The SMILES string of the molecule is C=C(Br)C[C@]1(CO)O[C@@H](n2cc(C)c(=O)[nH]c2=O)C[C@@H]1O[Si](C)(C)C(C)(C)C. The number of halogens is 1. The summed E-state index contributed by atoms with van der Waals surface area (Å²) >= 11 is 3.37. The quantitative estimate of drug-likeness (QED) is 0.617. The number of H-pyrrole nitrogens is 1. The Labute approximate surface area is 175 Å². The summed E-state index contributed by atoms with van der Waals surface area (Å²) < 4.78 is 14.9. The van der Waals surface area contributed by atoms with E-state index in [1.54, 1.807) is 6.92 Å². The van der Waals surface area contributed by atoms with Crippen LogP contribution >= 0.6 is 15.9 Å². The van der Waals surface area contributed by atoms with Gasteiger partial charge in [0.1, 0.15) is 11.8 Å². The molecule has 1 aromatic heterocycles. The highest BCUT2D eigenvalue weighted by molar-refractivity contribution is 9.11. The van der Waals surface area contributed by atoms with Crippen LogP contribution < -0.4 is 11.2 Å². The number of hydrogen-bond donors (Lipinski definition) is 2. The van der Waals surface area contributed by atoms with Gasteiger partial charge < -0.3 is 14.3 Å². The molecule has 1 saturated heterocycles. The number of aromatic nitrogens is 2. The number of rotatable bonds is 6. The molecule has 1 aliphatic rings. The molecule has 2 heterocycles. The minimum Gasteiger partial charge on any atom is -0.411 e. The van der Waals surface area contributed by atoms with Crippen molar-refractivity contribution >= 4 is 24.2 Å². The number of aliphatic hydroxyl groups is 1. The first-order valence-electron chi connectivity index (χ1n) is 9.34. The van der Waals surface area contributed by atoms with Crippen molar-refractivity contribution in [2.75, 3.05) is 6.61 Å². The Bertz CT molecular complexity index is 857. The Hall–Kier alpha value is -1.00. The van der Waals surface area contributed by atoms with Crippen molar-refractivity contribution in [3.8, 4) is 0 Å². The molecule has 0 aromatic carbocycles. The van der Waals surface area contributed by atoms with Crippen LogP contribution in [0.15, 0.2) is 26.8 Å². The van der Waals surface area contributed by atoms with Crippen LogP contribution in [0, 0.1) is 6.92 Å². The second-order valence-corrected chi connectivity index (χ2v) is 14.9. The van der Waals surface area contributed by atoms with Crippen LogP contribution in [-0.2, 0) is 9.16 Å². The Kier molecular flexibility index (Phi) is 6.67. The minimum atomic E-state index is -2.17. The van der Waals surface area contributed by atoms with Gasteiger partial charge in [0.2, 0.25) is 0 Å². The summed E-state index contributed by atoms with van der Waals surface area (Å²) in [6, 6.07) is 0.